The van der Waals surface area contributed by atoms with Crippen LogP contribution in [0, 0.1) is 5.82 Å². The molecule has 0 saturated carbocycles. The van der Waals surface area contributed by atoms with Crippen molar-refractivity contribution in [3.05, 3.63) is 87.9 Å². The first-order valence-electron chi connectivity index (χ1n) is 9.08. The number of halogens is 3. The highest BCUT2D eigenvalue weighted by atomic mass is 79.9. The van der Waals surface area contributed by atoms with Gasteiger partial charge in [0.25, 0.3) is 0 Å². The smallest absolute Gasteiger partial charge is 0.175 e. The van der Waals surface area contributed by atoms with Gasteiger partial charge in [-0.1, -0.05) is 24.3 Å². The first-order valence-corrected chi connectivity index (χ1v) is 9.87. The van der Waals surface area contributed by atoms with E-state index in [2.05, 4.69) is 26.2 Å². The van der Waals surface area contributed by atoms with Crippen LogP contribution in [0.1, 0.15) is 23.6 Å². The predicted molar refractivity (Wildman–Crippen MR) is 118 cm³/mol. The van der Waals surface area contributed by atoms with Crippen molar-refractivity contribution in [3.8, 4) is 11.5 Å². The van der Waals surface area contributed by atoms with E-state index in [1.807, 2.05) is 37.4 Å². The van der Waals surface area contributed by atoms with E-state index in [9.17, 15) is 4.39 Å². The number of benzene rings is 2. The minimum Gasteiger partial charge on any atom is -0.490 e. The molecule has 4 nitrogen and oxygen atoms in total. The van der Waals surface area contributed by atoms with Crippen LogP contribution in [0.25, 0.3) is 0 Å². The fraction of sp³-hybridized carbons (Fsp3) is 0.227. The quantitative estimate of drug-likeness (QED) is 0.427. The SMILES string of the molecule is CCOc1cc(CNCc2cccnc2)cc(Br)c1OCc1ccccc1F.Cl. The maximum absolute atomic E-state index is 13.8. The lowest BCUT2D eigenvalue weighted by molar-refractivity contribution is 0.264. The molecule has 0 amide bonds. The van der Waals surface area contributed by atoms with Crippen molar-refractivity contribution in [1.29, 1.82) is 0 Å². The monoisotopic (exact) mass is 480 g/mol. The molecule has 0 aliphatic heterocycles. The molecule has 29 heavy (non-hydrogen) atoms. The van der Waals surface area contributed by atoms with Gasteiger partial charge in [0.15, 0.2) is 11.5 Å². The number of rotatable bonds is 9. The summed E-state index contributed by atoms with van der Waals surface area (Å²) >= 11 is 3.56. The van der Waals surface area contributed by atoms with Gasteiger partial charge in [-0.15, -0.1) is 12.4 Å². The van der Waals surface area contributed by atoms with Crippen LogP contribution in [0.3, 0.4) is 0 Å². The Hall–Kier alpha value is -2.15. The lowest BCUT2D eigenvalue weighted by Gasteiger charge is -2.16. The zero-order valence-corrected chi connectivity index (χ0v) is 18.4. The molecule has 0 bridgehead atoms. The molecule has 0 aliphatic carbocycles. The minimum atomic E-state index is -0.284. The summed E-state index contributed by atoms with van der Waals surface area (Å²) in [5.74, 6) is 0.917. The summed E-state index contributed by atoms with van der Waals surface area (Å²) in [5, 5.41) is 3.39. The number of aromatic nitrogens is 1. The van der Waals surface area contributed by atoms with Gasteiger partial charge < -0.3 is 14.8 Å². The van der Waals surface area contributed by atoms with Gasteiger partial charge in [-0.3, -0.25) is 4.98 Å². The Morgan fingerprint density at radius 3 is 2.55 bits per heavy atom. The third-order valence-corrected chi connectivity index (χ3v) is 4.67. The fourth-order valence-electron chi connectivity index (χ4n) is 2.75. The summed E-state index contributed by atoms with van der Waals surface area (Å²) in [4.78, 5) is 4.12. The van der Waals surface area contributed by atoms with E-state index >= 15 is 0 Å². The molecule has 2 aromatic carbocycles. The molecular weight excluding hydrogens is 459 g/mol. The van der Waals surface area contributed by atoms with Gasteiger partial charge >= 0.3 is 0 Å². The van der Waals surface area contributed by atoms with Gasteiger partial charge in [0, 0.05) is 31.0 Å². The Morgan fingerprint density at radius 2 is 1.83 bits per heavy atom. The Labute approximate surface area is 185 Å². The van der Waals surface area contributed by atoms with Crippen molar-refractivity contribution in [1.82, 2.24) is 10.3 Å². The summed E-state index contributed by atoms with van der Waals surface area (Å²) in [6, 6.07) is 14.5. The van der Waals surface area contributed by atoms with Crippen LogP contribution in [0.4, 0.5) is 4.39 Å². The number of pyridine rings is 1. The largest absolute Gasteiger partial charge is 0.490 e. The Kier molecular flexibility index (Phi) is 9.38. The fourth-order valence-corrected chi connectivity index (χ4v) is 3.35. The van der Waals surface area contributed by atoms with E-state index in [0.29, 0.717) is 30.2 Å². The summed E-state index contributed by atoms with van der Waals surface area (Å²) in [7, 11) is 0. The first kappa shape index (κ1) is 23.1. The van der Waals surface area contributed by atoms with Crippen molar-refractivity contribution < 1.29 is 13.9 Å². The lowest BCUT2D eigenvalue weighted by Crippen LogP contribution is -2.13. The van der Waals surface area contributed by atoms with Crippen molar-refractivity contribution in [2.45, 2.75) is 26.6 Å². The molecule has 0 saturated heterocycles. The number of nitrogens with one attached hydrogen (secondary N) is 1. The average Bonchev–Trinajstić information content (AvgIpc) is 2.70. The van der Waals surface area contributed by atoms with Gasteiger partial charge in [0.2, 0.25) is 0 Å². The third kappa shape index (κ3) is 6.70. The second kappa shape index (κ2) is 11.8. The van der Waals surface area contributed by atoms with Crippen molar-refractivity contribution in [2.75, 3.05) is 6.61 Å². The second-order valence-corrected chi connectivity index (χ2v) is 7.04. The molecule has 7 heteroatoms. The summed E-state index contributed by atoms with van der Waals surface area (Å²) in [6.07, 6.45) is 3.60. The van der Waals surface area contributed by atoms with E-state index in [-0.39, 0.29) is 24.8 Å². The molecule has 1 heterocycles. The molecule has 0 spiro atoms. The summed E-state index contributed by atoms with van der Waals surface area (Å²) in [6.45, 7) is 3.95. The first-order chi connectivity index (χ1) is 13.7. The van der Waals surface area contributed by atoms with Crippen LogP contribution in [0.15, 0.2) is 65.4 Å². The normalized spacial score (nSPS) is 10.3. The van der Waals surface area contributed by atoms with Crippen LogP contribution < -0.4 is 14.8 Å². The highest BCUT2D eigenvalue weighted by molar-refractivity contribution is 9.10. The third-order valence-electron chi connectivity index (χ3n) is 4.08. The molecule has 0 unspecified atom stereocenters. The summed E-state index contributed by atoms with van der Waals surface area (Å²) < 4.78 is 26.3. The van der Waals surface area contributed by atoms with Gasteiger partial charge in [-0.05, 0) is 58.2 Å². The van der Waals surface area contributed by atoms with E-state index in [1.54, 1.807) is 24.4 Å². The lowest BCUT2D eigenvalue weighted by atomic mass is 10.2. The molecule has 3 rings (SSSR count). The molecule has 0 radical (unpaired) electrons. The van der Waals surface area contributed by atoms with Crippen LogP contribution >= 0.6 is 28.3 Å². The van der Waals surface area contributed by atoms with Gasteiger partial charge in [-0.25, -0.2) is 4.39 Å². The van der Waals surface area contributed by atoms with E-state index in [0.717, 1.165) is 22.1 Å². The standard InChI is InChI=1S/C22H22BrFN2O2.ClH/c1-2-27-21-11-17(14-26-13-16-6-5-9-25-12-16)10-19(23)22(21)28-15-18-7-3-4-8-20(18)24;/h3-12,26H,2,13-15H2,1H3;1H. The molecule has 0 atom stereocenters. The topological polar surface area (TPSA) is 43.4 Å². The van der Waals surface area contributed by atoms with E-state index in [1.165, 1.54) is 6.07 Å². The Morgan fingerprint density at radius 1 is 1.03 bits per heavy atom. The van der Waals surface area contributed by atoms with Crippen molar-refractivity contribution in [3.63, 3.8) is 0 Å². The van der Waals surface area contributed by atoms with Crippen molar-refractivity contribution in [2.24, 2.45) is 0 Å². The molecule has 0 aliphatic rings. The van der Waals surface area contributed by atoms with Crippen LogP contribution in [-0.4, -0.2) is 11.6 Å². The van der Waals surface area contributed by atoms with Gasteiger partial charge in [0.05, 0.1) is 11.1 Å². The molecular formula is C22H23BrClFN2O2. The average molecular weight is 482 g/mol. The van der Waals surface area contributed by atoms with Gasteiger partial charge in [-0.2, -0.15) is 0 Å². The van der Waals surface area contributed by atoms with Crippen LogP contribution in [0.2, 0.25) is 0 Å². The maximum atomic E-state index is 13.8. The highest BCUT2D eigenvalue weighted by Crippen LogP contribution is 2.37. The van der Waals surface area contributed by atoms with Crippen LogP contribution in [-0.2, 0) is 19.7 Å². The number of nitrogens with zero attached hydrogens (tertiary/aromatic N) is 1. The Balaban J connectivity index is 0.00000300. The molecule has 1 N–H and O–H groups in total. The Bertz CT molecular complexity index is 913. The van der Waals surface area contributed by atoms with E-state index in [4.69, 9.17) is 9.47 Å². The number of ether oxygens (including phenoxy) is 2. The number of hydrogen-bond acceptors (Lipinski definition) is 4. The summed E-state index contributed by atoms with van der Waals surface area (Å²) in [5.41, 5.74) is 2.67. The van der Waals surface area contributed by atoms with Gasteiger partial charge in [0.1, 0.15) is 12.4 Å². The molecule has 3 aromatic rings. The highest BCUT2D eigenvalue weighted by Gasteiger charge is 2.13. The zero-order valence-electron chi connectivity index (χ0n) is 16.0. The second-order valence-electron chi connectivity index (χ2n) is 6.18. The zero-order chi connectivity index (χ0) is 19.8. The van der Waals surface area contributed by atoms with Crippen molar-refractivity contribution >= 4 is 28.3 Å². The molecule has 0 fully saturated rings. The number of hydrogen-bond donors (Lipinski definition) is 1. The predicted octanol–water partition coefficient (Wildman–Crippen LogP) is 5.67. The van der Waals surface area contributed by atoms with Crippen LogP contribution in [0.5, 0.6) is 11.5 Å². The molecule has 154 valence electrons. The maximum Gasteiger partial charge on any atom is 0.175 e. The minimum absolute atomic E-state index is 0. The van der Waals surface area contributed by atoms with E-state index < -0.39 is 0 Å². The molecule has 1 aromatic heterocycles.